The van der Waals surface area contributed by atoms with Crippen molar-refractivity contribution in [2.45, 2.75) is 58.3 Å². The van der Waals surface area contributed by atoms with E-state index >= 15 is 0 Å². The van der Waals surface area contributed by atoms with Crippen LogP contribution in [0.2, 0.25) is 0 Å². The molecule has 0 rings (SSSR count). The van der Waals surface area contributed by atoms with Crippen LogP contribution in [0.1, 0.15) is 40.5 Å². The zero-order chi connectivity index (χ0) is 13.6. The minimum Gasteiger partial charge on any atom is -0.481 e. The number of carboxylic acids is 1. The van der Waals surface area contributed by atoms with E-state index < -0.39 is 29.8 Å². The molecule has 2 atom stereocenters. The number of hydrogen-bond donors (Lipinski definition) is 3. The summed E-state index contributed by atoms with van der Waals surface area (Å²) < 4.78 is 4.99. The highest BCUT2D eigenvalue weighted by atomic mass is 16.6. The Labute approximate surface area is 101 Å². The number of amides is 1. The lowest BCUT2D eigenvalue weighted by molar-refractivity contribution is -0.138. The molecule has 0 radical (unpaired) electrons. The molecule has 0 spiro atoms. The van der Waals surface area contributed by atoms with Gasteiger partial charge in [-0.05, 0) is 27.2 Å². The second-order valence-electron chi connectivity index (χ2n) is 4.83. The minimum atomic E-state index is -1.08. The first-order chi connectivity index (χ1) is 7.65. The third-order valence-electron chi connectivity index (χ3n) is 1.98. The monoisotopic (exact) mass is 247 g/mol. The van der Waals surface area contributed by atoms with Gasteiger partial charge in [-0.25, -0.2) is 4.79 Å². The summed E-state index contributed by atoms with van der Waals surface area (Å²) in [5.74, 6) is -1.08. The summed E-state index contributed by atoms with van der Waals surface area (Å²) in [6, 6.07) is -0.840. The van der Waals surface area contributed by atoms with E-state index in [1.807, 2.05) is 0 Å². The number of aliphatic hydroxyl groups is 1. The van der Waals surface area contributed by atoms with Crippen LogP contribution in [0.15, 0.2) is 0 Å². The van der Waals surface area contributed by atoms with Crippen LogP contribution in [-0.4, -0.2) is 40.0 Å². The summed E-state index contributed by atoms with van der Waals surface area (Å²) in [6.07, 6.45) is -1.61. The van der Waals surface area contributed by atoms with Crippen LogP contribution < -0.4 is 5.32 Å². The largest absolute Gasteiger partial charge is 0.481 e. The maximum Gasteiger partial charge on any atom is 0.407 e. The molecule has 0 bridgehead atoms. The summed E-state index contributed by atoms with van der Waals surface area (Å²) in [5, 5.41) is 20.6. The maximum atomic E-state index is 11.4. The van der Waals surface area contributed by atoms with Crippen LogP contribution in [-0.2, 0) is 9.53 Å². The van der Waals surface area contributed by atoms with E-state index in [9.17, 15) is 14.7 Å². The predicted molar refractivity (Wildman–Crippen MR) is 61.7 cm³/mol. The van der Waals surface area contributed by atoms with Crippen LogP contribution in [0, 0.1) is 0 Å². The van der Waals surface area contributed by atoms with Gasteiger partial charge < -0.3 is 20.3 Å². The Bertz CT molecular complexity index is 272. The first-order valence-corrected chi connectivity index (χ1v) is 5.55. The average molecular weight is 247 g/mol. The van der Waals surface area contributed by atoms with Gasteiger partial charge in [0.25, 0.3) is 0 Å². The van der Waals surface area contributed by atoms with Gasteiger partial charge in [-0.3, -0.25) is 4.79 Å². The smallest absolute Gasteiger partial charge is 0.407 e. The fourth-order valence-electron chi connectivity index (χ4n) is 1.21. The SMILES string of the molecule is CC[C@@H](O)[C@H](CC(=O)O)NC(=O)OC(C)(C)C. The Hall–Kier alpha value is -1.30. The molecular formula is C11H21NO5. The molecule has 0 saturated heterocycles. The normalized spacial score (nSPS) is 14.9. The van der Waals surface area contributed by atoms with Crippen LogP contribution in [0.25, 0.3) is 0 Å². The first-order valence-electron chi connectivity index (χ1n) is 5.55. The third-order valence-corrected chi connectivity index (χ3v) is 1.98. The third kappa shape index (κ3) is 7.57. The van der Waals surface area contributed by atoms with Crippen molar-refractivity contribution >= 4 is 12.1 Å². The second-order valence-corrected chi connectivity index (χ2v) is 4.83. The molecule has 0 aromatic rings. The molecule has 100 valence electrons. The molecule has 0 saturated carbocycles. The highest BCUT2D eigenvalue weighted by molar-refractivity contribution is 5.71. The Morgan fingerprint density at radius 2 is 1.88 bits per heavy atom. The molecule has 0 fully saturated rings. The van der Waals surface area contributed by atoms with E-state index in [2.05, 4.69) is 5.32 Å². The number of aliphatic carboxylic acids is 1. The number of nitrogens with one attached hydrogen (secondary N) is 1. The second kappa shape index (κ2) is 6.44. The lowest BCUT2D eigenvalue weighted by Crippen LogP contribution is -2.46. The molecule has 0 heterocycles. The number of alkyl carbamates (subject to hydrolysis) is 1. The first kappa shape index (κ1) is 15.7. The Balaban J connectivity index is 4.42. The van der Waals surface area contributed by atoms with Crippen LogP contribution in [0.4, 0.5) is 4.79 Å². The topological polar surface area (TPSA) is 95.9 Å². The van der Waals surface area contributed by atoms with Crippen molar-refractivity contribution in [2.24, 2.45) is 0 Å². The van der Waals surface area contributed by atoms with E-state index in [1.54, 1.807) is 27.7 Å². The van der Waals surface area contributed by atoms with Crippen LogP contribution >= 0.6 is 0 Å². The van der Waals surface area contributed by atoms with Crippen molar-refractivity contribution < 1.29 is 24.5 Å². The van der Waals surface area contributed by atoms with Gasteiger partial charge in [-0.15, -0.1) is 0 Å². The molecule has 1 amide bonds. The van der Waals surface area contributed by atoms with Crippen molar-refractivity contribution in [3.8, 4) is 0 Å². The van der Waals surface area contributed by atoms with E-state index in [-0.39, 0.29) is 6.42 Å². The van der Waals surface area contributed by atoms with Crippen molar-refractivity contribution in [3.05, 3.63) is 0 Å². The Morgan fingerprint density at radius 3 is 2.24 bits per heavy atom. The number of carbonyl (C=O) groups excluding carboxylic acids is 1. The molecule has 0 aromatic heterocycles. The number of hydrogen-bond acceptors (Lipinski definition) is 4. The fourth-order valence-corrected chi connectivity index (χ4v) is 1.21. The standard InChI is InChI=1S/C11H21NO5/c1-5-8(13)7(6-9(14)15)12-10(16)17-11(2,3)4/h7-8,13H,5-6H2,1-4H3,(H,12,16)(H,14,15)/t7-,8+/m0/s1. The molecule has 0 aliphatic heterocycles. The van der Waals surface area contributed by atoms with Crippen molar-refractivity contribution in [1.82, 2.24) is 5.32 Å². The zero-order valence-corrected chi connectivity index (χ0v) is 10.7. The van der Waals surface area contributed by atoms with Gasteiger partial charge in [-0.2, -0.15) is 0 Å². The summed E-state index contributed by atoms with van der Waals surface area (Å²) in [6.45, 7) is 6.81. The molecule has 0 unspecified atom stereocenters. The summed E-state index contributed by atoms with van der Waals surface area (Å²) in [5.41, 5.74) is -0.658. The highest BCUT2D eigenvalue weighted by Gasteiger charge is 2.25. The molecule has 0 aromatic carbocycles. The van der Waals surface area contributed by atoms with Gasteiger partial charge in [-0.1, -0.05) is 6.92 Å². The number of carbonyl (C=O) groups is 2. The van der Waals surface area contributed by atoms with Gasteiger partial charge in [0.2, 0.25) is 0 Å². The highest BCUT2D eigenvalue weighted by Crippen LogP contribution is 2.09. The minimum absolute atomic E-state index is 0.339. The average Bonchev–Trinajstić information content (AvgIpc) is 2.11. The van der Waals surface area contributed by atoms with Gasteiger partial charge >= 0.3 is 12.1 Å². The van der Waals surface area contributed by atoms with Gasteiger partial charge in [0.15, 0.2) is 0 Å². The van der Waals surface area contributed by atoms with Crippen molar-refractivity contribution in [2.75, 3.05) is 0 Å². The summed E-state index contributed by atoms with van der Waals surface area (Å²) in [7, 11) is 0. The molecule has 3 N–H and O–H groups in total. The van der Waals surface area contributed by atoms with Gasteiger partial charge in [0.05, 0.1) is 18.6 Å². The van der Waals surface area contributed by atoms with Crippen molar-refractivity contribution in [1.29, 1.82) is 0 Å². The molecule has 0 aliphatic rings. The van der Waals surface area contributed by atoms with Crippen LogP contribution in [0.5, 0.6) is 0 Å². The fraction of sp³-hybridized carbons (Fsp3) is 0.818. The zero-order valence-electron chi connectivity index (χ0n) is 10.7. The molecular weight excluding hydrogens is 226 g/mol. The number of ether oxygens (including phenoxy) is 1. The summed E-state index contributed by atoms with van der Waals surface area (Å²) in [4.78, 5) is 22.0. The Kier molecular flexibility index (Phi) is 5.95. The molecule has 6 nitrogen and oxygen atoms in total. The summed E-state index contributed by atoms with van der Waals surface area (Å²) >= 11 is 0. The van der Waals surface area contributed by atoms with E-state index in [4.69, 9.17) is 9.84 Å². The molecule has 6 heteroatoms. The number of carboxylic acid groups (broad SMARTS) is 1. The molecule has 17 heavy (non-hydrogen) atoms. The quantitative estimate of drug-likeness (QED) is 0.676. The maximum absolute atomic E-state index is 11.4. The lowest BCUT2D eigenvalue weighted by atomic mass is 10.1. The van der Waals surface area contributed by atoms with Crippen LogP contribution in [0.3, 0.4) is 0 Å². The number of rotatable bonds is 5. The lowest BCUT2D eigenvalue weighted by Gasteiger charge is -2.25. The number of aliphatic hydroxyl groups excluding tert-OH is 1. The van der Waals surface area contributed by atoms with E-state index in [1.165, 1.54) is 0 Å². The van der Waals surface area contributed by atoms with Crippen molar-refractivity contribution in [3.63, 3.8) is 0 Å². The van der Waals surface area contributed by atoms with Gasteiger partial charge in [0, 0.05) is 0 Å². The predicted octanol–water partition coefficient (Wildman–Crippen LogP) is 1.13. The Morgan fingerprint density at radius 1 is 1.35 bits per heavy atom. The van der Waals surface area contributed by atoms with E-state index in [0.717, 1.165) is 0 Å². The van der Waals surface area contributed by atoms with Gasteiger partial charge in [0.1, 0.15) is 5.60 Å². The molecule has 0 aliphatic carbocycles. The van der Waals surface area contributed by atoms with E-state index in [0.29, 0.717) is 6.42 Å².